The summed E-state index contributed by atoms with van der Waals surface area (Å²) in [6, 6.07) is 0. The quantitative estimate of drug-likeness (QED) is 0.598. The van der Waals surface area contributed by atoms with E-state index in [-0.39, 0.29) is 5.41 Å². The molecule has 0 aliphatic heterocycles. The lowest BCUT2D eigenvalue weighted by Gasteiger charge is -2.12. The zero-order chi connectivity index (χ0) is 12.7. The molecule has 98 valence electrons. The van der Waals surface area contributed by atoms with Crippen molar-refractivity contribution in [2.75, 3.05) is 32.7 Å². The molecule has 5 nitrogen and oxygen atoms in total. The van der Waals surface area contributed by atoms with Gasteiger partial charge in [0.25, 0.3) is 0 Å². The third-order valence-corrected chi connectivity index (χ3v) is 2.88. The van der Waals surface area contributed by atoms with Crippen LogP contribution in [0.2, 0.25) is 0 Å². The van der Waals surface area contributed by atoms with E-state index in [1.165, 1.54) is 0 Å². The van der Waals surface area contributed by atoms with Crippen molar-refractivity contribution in [2.24, 2.45) is 0 Å². The molecule has 0 aliphatic carbocycles. The van der Waals surface area contributed by atoms with E-state index >= 15 is 0 Å². The second-order valence-corrected chi connectivity index (χ2v) is 5.73. The Morgan fingerprint density at radius 1 is 1.24 bits per heavy atom. The SMILES string of the molecule is COCCOCCSc1n[nH]c(C(C)(C)C)n1. The van der Waals surface area contributed by atoms with E-state index < -0.39 is 0 Å². The molecule has 1 rings (SSSR count). The van der Waals surface area contributed by atoms with E-state index in [9.17, 15) is 0 Å². The molecule has 0 unspecified atom stereocenters. The highest BCUT2D eigenvalue weighted by Gasteiger charge is 2.18. The fourth-order valence-corrected chi connectivity index (χ4v) is 1.73. The molecule has 1 N–H and O–H groups in total. The lowest BCUT2D eigenvalue weighted by molar-refractivity contribution is 0.0790. The van der Waals surface area contributed by atoms with Crippen molar-refractivity contribution < 1.29 is 9.47 Å². The molecule has 0 atom stereocenters. The molecule has 17 heavy (non-hydrogen) atoms. The predicted molar refractivity (Wildman–Crippen MR) is 68.5 cm³/mol. The number of hydrogen-bond donors (Lipinski definition) is 1. The van der Waals surface area contributed by atoms with Gasteiger partial charge in [-0.2, -0.15) is 0 Å². The highest BCUT2D eigenvalue weighted by atomic mass is 32.2. The molecule has 0 aliphatic rings. The number of nitrogens with one attached hydrogen (secondary N) is 1. The van der Waals surface area contributed by atoms with Crippen molar-refractivity contribution in [1.82, 2.24) is 15.2 Å². The van der Waals surface area contributed by atoms with Gasteiger partial charge in [-0.1, -0.05) is 32.5 Å². The van der Waals surface area contributed by atoms with Gasteiger partial charge in [0.2, 0.25) is 5.16 Å². The minimum absolute atomic E-state index is 0.0147. The third-order valence-electron chi connectivity index (χ3n) is 2.07. The van der Waals surface area contributed by atoms with Gasteiger partial charge in [-0.05, 0) is 0 Å². The van der Waals surface area contributed by atoms with Gasteiger partial charge in [-0.15, -0.1) is 5.10 Å². The van der Waals surface area contributed by atoms with Crippen LogP contribution in [-0.4, -0.2) is 47.9 Å². The van der Waals surface area contributed by atoms with Gasteiger partial charge >= 0.3 is 0 Å². The van der Waals surface area contributed by atoms with Crippen LogP contribution in [-0.2, 0) is 14.9 Å². The predicted octanol–water partition coefficient (Wildman–Crippen LogP) is 1.86. The second-order valence-electron chi connectivity index (χ2n) is 4.67. The lowest BCUT2D eigenvalue weighted by Crippen LogP contribution is -2.13. The maximum atomic E-state index is 5.36. The van der Waals surface area contributed by atoms with Gasteiger partial charge in [0.15, 0.2) is 0 Å². The zero-order valence-corrected chi connectivity index (χ0v) is 11.8. The van der Waals surface area contributed by atoms with E-state index in [1.54, 1.807) is 18.9 Å². The average Bonchev–Trinajstić information content (AvgIpc) is 2.71. The molecule has 6 heteroatoms. The van der Waals surface area contributed by atoms with Crippen molar-refractivity contribution in [3.8, 4) is 0 Å². The molecule has 0 radical (unpaired) electrons. The standard InChI is InChI=1S/C11H21N3O2S/c1-11(2,3)9-12-10(14-13-9)17-8-7-16-6-5-15-4/h5-8H2,1-4H3,(H,12,13,14). The lowest BCUT2D eigenvalue weighted by atomic mass is 9.96. The Morgan fingerprint density at radius 3 is 2.59 bits per heavy atom. The molecule has 0 saturated heterocycles. The number of nitrogens with zero attached hydrogens (tertiary/aromatic N) is 2. The number of rotatable bonds is 7. The number of thioether (sulfide) groups is 1. The van der Waals surface area contributed by atoms with Crippen LogP contribution in [0, 0.1) is 0 Å². The first-order valence-electron chi connectivity index (χ1n) is 5.66. The molecule has 1 aromatic heterocycles. The summed E-state index contributed by atoms with van der Waals surface area (Å²) < 4.78 is 10.2. The van der Waals surface area contributed by atoms with Crippen LogP contribution in [0.25, 0.3) is 0 Å². The van der Waals surface area contributed by atoms with Crippen molar-refractivity contribution >= 4 is 11.8 Å². The van der Waals surface area contributed by atoms with E-state index in [1.807, 2.05) is 0 Å². The monoisotopic (exact) mass is 259 g/mol. The van der Waals surface area contributed by atoms with Gasteiger partial charge < -0.3 is 9.47 Å². The van der Waals surface area contributed by atoms with Gasteiger partial charge in [0.1, 0.15) is 5.82 Å². The molecule has 1 aromatic rings. The highest BCUT2D eigenvalue weighted by molar-refractivity contribution is 7.99. The van der Waals surface area contributed by atoms with Crippen LogP contribution in [0.4, 0.5) is 0 Å². The summed E-state index contributed by atoms with van der Waals surface area (Å²) in [4.78, 5) is 4.43. The van der Waals surface area contributed by atoms with Crippen LogP contribution >= 0.6 is 11.8 Å². The maximum Gasteiger partial charge on any atom is 0.208 e. The topological polar surface area (TPSA) is 60.0 Å². The minimum Gasteiger partial charge on any atom is -0.382 e. The van der Waals surface area contributed by atoms with E-state index in [0.717, 1.165) is 16.7 Å². The first-order chi connectivity index (χ1) is 8.04. The van der Waals surface area contributed by atoms with Gasteiger partial charge in [-0.25, -0.2) is 4.98 Å². The third kappa shape index (κ3) is 5.52. The number of ether oxygens (including phenoxy) is 2. The Morgan fingerprint density at radius 2 is 2.00 bits per heavy atom. The second kappa shape index (κ2) is 6.98. The molecule has 0 fully saturated rings. The first-order valence-corrected chi connectivity index (χ1v) is 6.65. The molecule has 0 amide bonds. The Balaban J connectivity index is 2.21. The largest absolute Gasteiger partial charge is 0.382 e. The Hall–Kier alpha value is -0.590. The number of methoxy groups -OCH3 is 1. The van der Waals surface area contributed by atoms with Gasteiger partial charge in [0.05, 0.1) is 19.8 Å². The van der Waals surface area contributed by atoms with Crippen LogP contribution < -0.4 is 0 Å². The van der Waals surface area contributed by atoms with Crippen LogP contribution in [0.1, 0.15) is 26.6 Å². The number of aromatic amines is 1. The van der Waals surface area contributed by atoms with Crippen molar-refractivity contribution in [2.45, 2.75) is 31.3 Å². The molecular weight excluding hydrogens is 238 g/mol. The molecule has 0 saturated carbocycles. The summed E-state index contributed by atoms with van der Waals surface area (Å²) in [5, 5.41) is 7.91. The van der Waals surface area contributed by atoms with Crippen molar-refractivity contribution in [3.63, 3.8) is 0 Å². The first kappa shape index (κ1) is 14.5. The molecule has 0 spiro atoms. The van der Waals surface area contributed by atoms with Crippen molar-refractivity contribution in [3.05, 3.63) is 5.82 Å². The summed E-state index contributed by atoms with van der Waals surface area (Å²) in [5.74, 6) is 1.77. The average molecular weight is 259 g/mol. The van der Waals surface area contributed by atoms with Gasteiger partial charge in [0, 0.05) is 18.3 Å². The van der Waals surface area contributed by atoms with E-state index in [2.05, 4.69) is 36.0 Å². The highest BCUT2D eigenvalue weighted by Crippen LogP contribution is 2.20. The summed E-state index contributed by atoms with van der Waals surface area (Å²) in [6.45, 7) is 8.28. The van der Waals surface area contributed by atoms with Crippen molar-refractivity contribution in [1.29, 1.82) is 0 Å². The van der Waals surface area contributed by atoms with E-state index in [4.69, 9.17) is 9.47 Å². The summed E-state index contributed by atoms with van der Waals surface area (Å²) in [7, 11) is 1.67. The molecule has 1 heterocycles. The minimum atomic E-state index is 0.0147. The normalized spacial score (nSPS) is 12.0. The molecule has 0 aromatic carbocycles. The fraction of sp³-hybridized carbons (Fsp3) is 0.818. The summed E-state index contributed by atoms with van der Waals surface area (Å²) in [5.41, 5.74) is 0.0147. The Bertz CT molecular complexity index is 323. The Kier molecular flexibility index (Phi) is 5.94. The summed E-state index contributed by atoms with van der Waals surface area (Å²) >= 11 is 1.60. The van der Waals surface area contributed by atoms with Crippen LogP contribution in [0.15, 0.2) is 5.16 Å². The number of H-pyrrole nitrogens is 1. The number of aromatic nitrogens is 3. The number of hydrogen-bond acceptors (Lipinski definition) is 5. The Labute approximate surface area is 107 Å². The zero-order valence-electron chi connectivity index (χ0n) is 10.9. The molecule has 0 bridgehead atoms. The maximum absolute atomic E-state index is 5.36. The smallest absolute Gasteiger partial charge is 0.208 e. The molecular formula is C11H21N3O2S. The van der Waals surface area contributed by atoms with E-state index in [0.29, 0.717) is 19.8 Å². The van der Waals surface area contributed by atoms with Gasteiger partial charge in [-0.3, -0.25) is 5.10 Å². The van der Waals surface area contributed by atoms with Crippen LogP contribution in [0.3, 0.4) is 0 Å². The summed E-state index contributed by atoms with van der Waals surface area (Å²) in [6.07, 6.45) is 0. The fourth-order valence-electron chi connectivity index (χ4n) is 1.08. The van der Waals surface area contributed by atoms with Crippen LogP contribution in [0.5, 0.6) is 0 Å².